The summed E-state index contributed by atoms with van der Waals surface area (Å²) in [7, 11) is 0. The van der Waals surface area contributed by atoms with Gasteiger partial charge in [0.1, 0.15) is 6.23 Å². The van der Waals surface area contributed by atoms with Crippen LogP contribution in [0.15, 0.2) is 15.8 Å². The van der Waals surface area contributed by atoms with Crippen LogP contribution < -0.4 is 11.2 Å². The van der Waals surface area contributed by atoms with Crippen molar-refractivity contribution in [1.29, 1.82) is 0 Å². The maximum atomic E-state index is 11.5. The van der Waals surface area contributed by atoms with E-state index in [1.807, 2.05) is 0 Å². The Hall–Kier alpha value is -1.40. The van der Waals surface area contributed by atoms with Gasteiger partial charge in [0.2, 0.25) is 0 Å². The van der Waals surface area contributed by atoms with Crippen molar-refractivity contribution in [2.75, 3.05) is 6.61 Å². The molecule has 1 saturated heterocycles. The number of aliphatic hydroxyl groups is 1. The van der Waals surface area contributed by atoms with Gasteiger partial charge in [-0.05, 0) is 19.8 Å². The first kappa shape index (κ1) is 11.1. The summed E-state index contributed by atoms with van der Waals surface area (Å²) < 4.78 is 6.83. The molecule has 1 aromatic heterocycles. The van der Waals surface area contributed by atoms with Crippen LogP contribution in [0.25, 0.3) is 0 Å². The summed E-state index contributed by atoms with van der Waals surface area (Å²) in [6, 6.07) is 0. The second-order valence-electron chi connectivity index (χ2n) is 3.95. The second kappa shape index (κ2) is 4.23. The van der Waals surface area contributed by atoms with Gasteiger partial charge in [-0.1, -0.05) is 0 Å². The van der Waals surface area contributed by atoms with Crippen molar-refractivity contribution < 1.29 is 9.84 Å². The molecule has 1 aromatic rings. The Balaban J connectivity index is 2.32. The molecule has 6 nitrogen and oxygen atoms in total. The summed E-state index contributed by atoms with van der Waals surface area (Å²) in [6.45, 7) is 1.58. The predicted molar refractivity (Wildman–Crippen MR) is 56.3 cm³/mol. The number of nitrogens with one attached hydrogen (secondary N) is 1. The molecular weight excluding hydrogens is 212 g/mol. The fourth-order valence-corrected chi connectivity index (χ4v) is 1.83. The van der Waals surface area contributed by atoms with E-state index in [0.717, 1.165) is 0 Å². The molecule has 6 heteroatoms. The summed E-state index contributed by atoms with van der Waals surface area (Å²) >= 11 is 0. The Morgan fingerprint density at radius 3 is 2.94 bits per heavy atom. The van der Waals surface area contributed by atoms with E-state index in [4.69, 9.17) is 9.84 Å². The summed E-state index contributed by atoms with van der Waals surface area (Å²) in [5.74, 6) is 0. The van der Waals surface area contributed by atoms with Crippen LogP contribution in [0, 0.1) is 6.92 Å². The second-order valence-corrected chi connectivity index (χ2v) is 3.95. The Morgan fingerprint density at radius 1 is 1.56 bits per heavy atom. The van der Waals surface area contributed by atoms with Gasteiger partial charge in [0, 0.05) is 11.8 Å². The third-order valence-electron chi connectivity index (χ3n) is 2.74. The fourth-order valence-electron chi connectivity index (χ4n) is 1.83. The zero-order valence-electron chi connectivity index (χ0n) is 8.97. The van der Waals surface area contributed by atoms with Crippen LogP contribution in [-0.2, 0) is 4.74 Å². The minimum Gasteiger partial charge on any atom is -0.394 e. The lowest BCUT2D eigenvalue weighted by Crippen LogP contribution is -2.33. The smallest absolute Gasteiger partial charge is 0.330 e. The molecule has 88 valence electrons. The van der Waals surface area contributed by atoms with E-state index in [1.54, 1.807) is 6.92 Å². The zero-order valence-corrected chi connectivity index (χ0v) is 8.97. The monoisotopic (exact) mass is 226 g/mol. The molecule has 1 aliphatic rings. The Labute approximate surface area is 91.5 Å². The maximum Gasteiger partial charge on any atom is 0.330 e. The molecule has 0 bridgehead atoms. The lowest BCUT2D eigenvalue weighted by molar-refractivity contribution is -0.0247. The molecule has 0 saturated carbocycles. The molecule has 0 unspecified atom stereocenters. The molecule has 0 spiro atoms. The lowest BCUT2D eigenvalue weighted by Gasteiger charge is -2.14. The standard InChI is InChI=1S/C10H14N2O4/c1-6-4-12(10(15)11-9(6)14)8-3-2-7(5-13)16-8/h4,7-8,13H,2-3,5H2,1H3,(H,11,14,15)/t7-,8+/m1/s1. The van der Waals surface area contributed by atoms with Gasteiger partial charge < -0.3 is 9.84 Å². The topological polar surface area (TPSA) is 84.3 Å². The van der Waals surface area contributed by atoms with E-state index < -0.39 is 5.69 Å². The number of rotatable bonds is 2. The number of aromatic nitrogens is 2. The summed E-state index contributed by atoms with van der Waals surface area (Å²) in [4.78, 5) is 24.9. The zero-order chi connectivity index (χ0) is 11.7. The predicted octanol–water partition coefficient (Wildman–Crippen LogP) is -0.485. The van der Waals surface area contributed by atoms with Gasteiger partial charge in [-0.25, -0.2) is 4.79 Å². The minimum atomic E-state index is -0.473. The highest BCUT2D eigenvalue weighted by Gasteiger charge is 2.26. The first-order chi connectivity index (χ1) is 7.61. The number of H-pyrrole nitrogens is 1. The number of aromatic amines is 1. The van der Waals surface area contributed by atoms with Crippen LogP contribution in [-0.4, -0.2) is 27.4 Å². The van der Waals surface area contributed by atoms with Gasteiger partial charge in [-0.2, -0.15) is 0 Å². The highest BCUT2D eigenvalue weighted by atomic mass is 16.5. The average Bonchev–Trinajstić information content (AvgIpc) is 2.71. The Morgan fingerprint density at radius 2 is 2.31 bits per heavy atom. The van der Waals surface area contributed by atoms with E-state index >= 15 is 0 Å². The third kappa shape index (κ3) is 1.94. The van der Waals surface area contributed by atoms with E-state index in [1.165, 1.54) is 10.8 Å². The summed E-state index contributed by atoms with van der Waals surface area (Å²) in [5, 5.41) is 8.93. The van der Waals surface area contributed by atoms with Gasteiger partial charge >= 0.3 is 5.69 Å². The van der Waals surface area contributed by atoms with Gasteiger partial charge in [0.05, 0.1) is 12.7 Å². The highest BCUT2D eigenvalue weighted by molar-refractivity contribution is 5.01. The summed E-state index contributed by atoms with van der Waals surface area (Å²) in [5.41, 5.74) is -0.382. The highest BCUT2D eigenvalue weighted by Crippen LogP contribution is 2.26. The minimum absolute atomic E-state index is 0.0480. The molecule has 1 aliphatic heterocycles. The Bertz CT molecular complexity index is 490. The molecule has 1 fully saturated rings. The first-order valence-electron chi connectivity index (χ1n) is 5.20. The van der Waals surface area contributed by atoms with Crippen molar-refractivity contribution >= 4 is 0 Å². The number of hydrogen-bond acceptors (Lipinski definition) is 4. The number of aryl methyl sites for hydroxylation is 1. The van der Waals surface area contributed by atoms with Gasteiger partial charge in [0.15, 0.2) is 0 Å². The van der Waals surface area contributed by atoms with Crippen LogP contribution in [0.2, 0.25) is 0 Å². The molecule has 2 atom stereocenters. The van der Waals surface area contributed by atoms with E-state index in [2.05, 4.69) is 4.98 Å². The van der Waals surface area contributed by atoms with Gasteiger partial charge in [-0.15, -0.1) is 0 Å². The van der Waals surface area contributed by atoms with E-state index in [0.29, 0.717) is 18.4 Å². The third-order valence-corrected chi connectivity index (χ3v) is 2.74. The van der Waals surface area contributed by atoms with E-state index in [-0.39, 0.29) is 24.5 Å². The fraction of sp³-hybridized carbons (Fsp3) is 0.600. The van der Waals surface area contributed by atoms with Gasteiger partial charge in [0.25, 0.3) is 5.56 Å². The molecule has 16 heavy (non-hydrogen) atoms. The average molecular weight is 226 g/mol. The lowest BCUT2D eigenvalue weighted by atomic mass is 10.2. The number of hydrogen-bond donors (Lipinski definition) is 2. The molecule has 0 aromatic carbocycles. The largest absolute Gasteiger partial charge is 0.394 e. The molecule has 0 radical (unpaired) electrons. The SMILES string of the molecule is Cc1cn([C@@H]2CC[C@H](CO)O2)c(=O)[nH]c1=O. The number of nitrogens with zero attached hydrogens (tertiary/aromatic N) is 1. The quantitative estimate of drug-likeness (QED) is 0.713. The molecule has 0 aliphatic carbocycles. The van der Waals surface area contributed by atoms with Crippen LogP contribution >= 0.6 is 0 Å². The molecule has 2 heterocycles. The van der Waals surface area contributed by atoms with Crippen molar-refractivity contribution in [2.45, 2.75) is 32.1 Å². The Kier molecular flexibility index (Phi) is 2.93. The summed E-state index contributed by atoms with van der Waals surface area (Å²) in [6.07, 6.45) is 2.26. The molecule has 0 amide bonds. The van der Waals surface area contributed by atoms with Crippen LogP contribution in [0.1, 0.15) is 24.6 Å². The van der Waals surface area contributed by atoms with Crippen molar-refractivity contribution in [3.8, 4) is 0 Å². The molecule has 2 rings (SSSR count). The van der Waals surface area contributed by atoms with Crippen molar-refractivity contribution in [2.24, 2.45) is 0 Å². The number of aliphatic hydroxyl groups excluding tert-OH is 1. The normalized spacial score (nSPS) is 24.9. The van der Waals surface area contributed by atoms with E-state index in [9.17, 15) is 9.59 Å². The van der Waals surface area contributed by atoms with Crippen LogP contribution in [0.3, 0.4) is 0 Å². The molecule has 2 N–H and O–H groups in total. The molecular formula is C10H14N2O4. The number of ether oxygens (including phenoxy) is 1. The van der Waals surface area contributed by atoms with Crippen molar-refractivity contribution in [3.05, 3.63) is 32.6 Å². The van der Waals surface area contributed by atoms with Crippen LogP contribution in [0.4, 0.5) is 0 Å². The van der Waals surface area contributed by atoms with Crippen LogP contribution in [0.5, 0.6) is 0 Å². The van der Waals surface area contributed by atoms with Crippen molar-refractivity contribution in [3.63, 3.8) is 0 Å². The van der Waals surface area contributed by atoms with Crippen molar-refractivity contribution in [1.82, 2.24) is 9.55 Å². The first-order valence-corrected chi connectivity index (χ1v) is 5.20. The van der Waals surface area contributed by atoms with Gasteiger partial charge in [-0.3, -0.25) is 14.3 Å². The maximum absolute atomic E-state index is 11.5.